The van der Waals surface area contributed by atoms with Crippen LogP contribution in [0, 0.1) is 20.8 Å². The molecule has 0 N–H and O–H groups in total. The second-order valence-electron chi connectivity index (χ2n) is 6.10. The van der Waals surface area contributed by atoms with Gasteiger partial charge in [0.2, 0.25) is 0 Å². The summed E-state index contributed by atoms with van der Waals surface area (Å²) in [5.74, 6) is 1.58. The Morgan fingerprint density at radius 2 is 0.833 bits per heavy atom. The van der Waals surface area contributed by atoms with Crippen molar-refractivity contribution in [3.8, 4) is 11.5 Å². The SMILES string of the molecule is Cc1ccc(OC(Oc2ccc(C)cc2)c2ccc(C)cc2)cc1. The first-order valence-electron chi connectivity index (χ1n) is 8.13. The number of benzene rings is 3. The molecule has 2 nitrogen and oxygen atoms in total. The van der Waals surface area contributed by atoms with Crippen LogP contribution in [0.3, 0.4) is 0 Å². The fraction of sp³-hybridized carbons (Fsp3) is 0.182. The fourth-order valence-electron chi connectivity index (χ4n) is 2.36. The fourth-order valence-corrected chi connectivity index (χ4v) is 2.36. The number of hydrogen-bond donors (Lipinski definition) is 0. The van der Waals surface area contributed by atoms with E-state index in [1.165, 1.54) is 16.7 Å². The molecular weight excluding hydrogens is 296 g/mol. The van der Waals surface area contributed by atoms with Crippen molar-refractivity contribution in [3.63, 3.8) is 0 Å². The van der Waals surface area contributed by atoms with E-state index >= 15 is 0 Å². The minimum absolute atomic E-state index is 0.490. The predicted octanol–water partition coefficient (Wildman–Crippen LogP) is 5.77. The van der Waals surface area contributed by atoms with Gasteiger partial charge in [0.05, 0.1) is 0 Å². The molecule has 3 rings (SSSR count). The van der Waals surface area contributed by atoms with Crippen molar-refractivity contribution in [1.29, 1.82) is 0 Å². The lowest BCUT2D eigenvalue weighted by molar-refractivity contribution is 0.00379. The summed E-state index contributed by atoms with van der Waals surface area (Å²) in [6.07, 6.45) is -0.490. The molecule has 0 aromatic heterocycles. The molecule has 0 unspecified atom stereocenters. The van der Waals surface area contributed by atoms with Crippen molar-refractivity contribution in [1.82, 2.24) is 0 Å². The molecule has 0 aliphatic heterocycles. The minimum atomic E-state index is -0.490. The van der Waals surface area contributed by atoms with Crippen molar-refractivity contribution in [2.75, 3.05) is 0 Å². The molecule has 0 amide bonds. The van der Waals surface area contributed by atoms with Crippen LogP contribution in [-0.2, 0) is 0 Å². The molecular formula is C22H22O2. The maximum absolute atomic E-state index is 6.11. The van der Waals surface area contributed by atoms with Gasteiger partial charge in [-0.1, -0.05) is 65.2 Å². The summed E-state index contributed by atoms with van der Waals surface area (Å²) in [7, 11) is 0. The van der Waals surface area contributed by atoms with Crippen LogP contribution in [0.15, 0.2) is 72.8 Å². The highest BCUT2D eigenvalue weighted by Gasteiger charge is 2.15. The smallest absolute Gasteiger partial charge is 0.267 e. The summed E-state index contributed by atoms with van der Waals surface area (Å²) in [6, 6.07) is 24.2. The molecule has 3 aromatic rings. The molecule has 0 atom stereocenters. The van der Waals surface area contributed by atoms with E-state index in [1.54, 1.807) is 0 Å². The van der Waals surface area contributed by atoms with Gasteiger partial charge < -0.3 is 9.47 Å². The van der Waals surface area contributed by atoms with E-state index in [4.69, 9.17) is 9.47 Å². The van der Waals surface area contributed by atoms with Gasteiger partial charge in [0.25, 0.3) is 6.29 Å². The standard InChI is InChI=1S/C22H22O2/c1-16-4-10-19(11-5-16)22(23-20-12-6-17(2)7-13-20)24-21-14-8-18(3)9-15-21/h4-15,22H,1-3H3. The molecule has 0 spiro atoms. The molecule has 0 aliphatic carbocycles. The van der Waals surface area contributed by atoms with Gasteiger partial charge in [-0.2, -0.15) is 0 Å². The zero-order chi connectivity index (χ0) is 16.9. The van der Waals surface area contributed by atoms with Crippen LogP contribution in [0.4, 0.5) is 0 Å². The second kappa shape index (κ2) is 7.22. The third kappa shape index (κ3) is 4.17. The molecule has 2 heteroatoms. The van der Waals surface area contributed by atoms with Gasteiger partial charge in [-0.3, -0.25) is 0 Å². The Kier molecular flexibility index (Phi) is 4.85. The van der Waals surface area contributed by atoms with E-state index in [-0.39, 0.29) is 0 Å². The first kappa shape index (κ1) is 16.1. The number of aryl methyl sites for hydroxylation is 3. The van der Waals surface area contributed by atoms with Gasteiger partial charge in [-0.15, -0.1) is 0 Å². The summed E-state index contributed by atoms with van der Waals surface area (Å²) in [5, 5.41) is 0. The average molecular weight is 318 g/mol. The normalized spacial score (nSPS) is 10.7. The van der Waals surface area contributed by atoms with Crippen LogP contribution in [-0.4, -0.2) is 0 Å². The molecule has 24 heavy (non-hydrogen) atoms. The Morgan fingerprint density at radius 3 is 1.21 bits per heavy atom. The number of hydrogen-bond acceptors (Lipinski definition) is 2. The van der Waals surface area contributed by atoms with E-state index in [0.717, 1.165) is 17.1 Å². The maximum Gasteiger partial charge on any atom is 0.267 e. The zero-order valence-corrected chi connectivity index (χ0v) is 14.3. The Labute approximate surface area is 143 Å². The summed E-state index contributed by atoms with van der Waals surface area (Å²) in [4.78, 5) is 0. The van der Waals surface area contributed by atoms with Crippen molar-refractivity contribution >= 4 is 0 Å². The Balaban J connectivity index is 1.86. The molecule has 0 fully saturated rings. The molecule has 0 bridgehead atoms. The predicted molar refractivity (Wildman–Crippen MR) is 97.5 cm³/mol. The zero-order valence-electron chi connectivity index (χ0n) is 14.3. The first-order valence-corrected chi connectivity index (χ1v) is 8.13. The molecule has 3 aromatic carbocycles. The van der Waals surface area contributed by atoms with Crippen molar-refractivity contribution in [2.24, 2.45) is 0 Å². The van der Waals surface area contributed by atoms with Crippen LogP contribution in [0.5, 0.6) is 11.5 Å². The van der Waals surface area contributed by atoms with Crippen molar-refractivity contribution in [2.45, 2.75) is 27.1 Å². The van der Waals surface area contributed by atoms with E-state index in [1.807, 2.05) is 60.7 Å². The van der Waals surface area contributed by atoms with Gasteiger partial charge in [0, 0.05) is 5.56 Å². The molecule has 0 aliphatic rings. The summed E-state index contributed by atoms with van der Waals surface area (Å²) in [6.45, 7) is 6.19. The van der Waals surface area contributed by atoms with Gasteiger partial charge in [0.1, 0.15) is 11.5 Å². The van der Waals surface area contributed by atoms with Gasteiger partial charge in [0.15, 0.2) is 0 Å². The molecule has 0 saturated carbocycles. The van der Waals surface area contributed by atoms with Crippen molar-refractivity contribution < 1.29 is 9.47 Å². The Hall–Kier alpha value is -2.74. The average Bonchev–Trinajstić information content (AvgIpc) is 2.59. The Bertz CT molecular complexity index is 724. The summed E-state index contributed by atoms with van der Waals surface area (Å²) >= 11 is 0. The highest BCUT2D eigenvalue weighted by Crippen LogP contribution is 2.26. The van der Waals surface area contributed by atoms with Crippen LogP contribution in [0.25, 0.3) is 0 Å². The van der Waals surface area contributed by atoms with Gasteiger partial charge in [-0.25, -0.2) is 0 Å². The monoisotopic (exact) mass is 318 g/mol. The minimum Gasteiger partial charge on any atom is -0.451 e. The van der Waals surface area contributed by atoms with Crippen LogP contribution in [0.2, 0.25) is 0 Å². The maximum atomic E-state index is 6.11. The summed E-state index contributed by atoms with van der Waals surface area (Å²) in [5.41, 5.74) is 4.60. The number of ether oxygens (including phenoxy) is 2. The molecule has 122 valence electrons. The third-order valence-electron chi connectivity index (χ3n) is 3.88. The third-order valence-corrected chi connectivity index (χ3v) is 3.88. The van der Waals surface area contributed by atoms with Gasteiger partial charge >= 0.3 is 0 Å². The van der Waals surface area contributed by atoms with Crippen LogP contribution in [0.1, 0.15) is 28.5 Å². The lowest BCUT2D eigenvalue weighted by Crippen LogP contribution is -2.15. The largest absolute Gasteiger partial charge is 0.451 e. The topological polar surface area (TPSA) is 18.5 Å². The van der Waals surface area contributed by atoms with E-state index in [9.17, 15) is 0 Å². The summed E-state index contributed by atoms with van der Waals surface area (Å²) < 4.78 is 12.2. The van der Waals surface area contributed by atoms with E-state index < -0.39 is 6.29 Å². The number of rotatable bonds is 5. The van der Waals surface area contributed by atoms with E-state index in [2.05, 4.69) is 32.9 Å². The van der Waals surface area contributed by atoms with E-state index in [0.29, 0.717) is 0 Å². The van der Waals surface area contributed by atoms with Crippen LogP contribution < -0.4 is 9.47 Å². The molecule has 0 radical (unpaired) electrons. The lowest BCUT2D eigenvalue weighted by atomic mass is 10.1. The quantitative estimate of drug-likeness (QED) is 0.556. The molecule has 0 heterocycles. The lowest BCUT2D eigenvalue weighted by Gasteiger charge is -2.21. The van der Waals surface area contributed by atoms with Crippen LogP contribution >= 0.6 is 0 Å². The highest BCUT2D eigenvalue weighted by atomic mass is 16.7. The second-order valence-corrected chi connectivity index (χ2v) is 6.10. The van der Waals surface area contributed by atoms with Gasteiger partial charge in [-0.05, 0) is 45.0 Å². The molecule has 0 saturated heterocycles. The first-order chi connectivity index (χ1) is 11.6. The Morgan fingerprint density at radius 1 is 0.500 bits per heavy atom. The highest BCUT2D eigenvalue weighted by molar-refractivity contribution is 5.30. The van der Waals surface area contributed by atoms with Crippen molar-refractivity contribution in [3.05, 3.63) is 95.1 Å².